The lowest BCUT2D eigenvalue weighted by molar-refractivity contribution is 0.0480. The van der Waals surface area contributed by atoms with E-state index in [1.165, 1.54) is 10.4 Å². The summed E-state index contributed by atoms with van der Waals surface area (Å²) in [5.74, 6) is 1.38. The van der Waals surface area contributed by atoms with E-state index in [0.717, 1.165) is 31.1 Å². The summed E-state index contributed by atoms with van der Waals surface area (Å²) >= 11 is 1.77. The maximum Gasteiger partial charge on any atom is 0.196 e. The van der Waals surface area contributed by atoms with Crippen molar-refractivity contribution in [1.82, 2.24) is 9.88 Å². The number of hydrogen-bond acceptors (Lipinski definition) is 5. The number of hydrogen-bond donors (Lipinski definition) is 1. The summed E-state index contributed by atoms with van der Waals surface area (Å²) in [6.45, 7) is 8.73. The van der Waals surface area contributed by atoms with Crippen LogP contribution < -0.4 is 0 Å². The first kappa shape index (κ1) is 15.7. The minimum absolute atomic E-state index is 0.278. The van der Waals surface area contributed by atoms with Crippen LogP contribution in [-0.4, -0.2) is 34.2 Å². The average molecular weight is 320 g/mol. The molecular formula is C17H24N2O2S. The van der Waals surface area contributed by atoms with Crippen molar-refractivity contribution in [3.05, 3.63) is 39.7 Å². The lowest BCUT2D eigenvalue weighted by Gasteiger charge is -2.35. The first-order chi connectivity index (χ1) is 10.5. The van der Waals surface area contributed by atoms with Crippen LogP contribution in [0, 0.1) is 6.92 Å². The molecule has 4 nitrogen and oxygen atoms in total. The molecule has 120 valence electrons. The molecule has 0 amide bonds. The second-order valence-electron chi connectivity index (χ2n) is 6.50. The Bertz CT molecular complexity index is 620. The predicted octanol–water partition coefficient (Wildman–Crippen LogP) is 3.52. The number of β-amino-alcohol motifs (C(OH)–C–C–N with tert-alkyl or cyclic N) is 1. The third-order valence-corrected chi connectivity index (χ3v) is 5.50. The van der Waals surface area contributed by atoms with Crippen molar-refractivity contribution >= 4 is 11.3 Å². The molecule has 0 aromatic carbocycles. The highest BCUT2D eigenvalue weighted by atomic mass is 32.1. The van der Waals surface area contributed by atoms with Gasteiger partial charge in [-0.25, -0.2) is 4.98 Å². The zero-order chi connectivity index (χ0) is 15.7. The Morgan fingerprint density at radius 3 is 2.91 bits per heavy atom. The van der Waals surface area contributed by atoms with E-state index >= 15 is 0 Å². The van der Waals surface area contributed by atoms with Gasteiger partial charge in [0.25, 0.3) is 0 Å². The van der Waals surface area contributed by atoms with Gasteiger partial charge in [-0.05, 0) is 36.9 Å². The molecule has 0 spiro atoms. The van der Waals surface area contributed by atoms with Gasteiger partial charge in [-0.1, -0.05) is 13.8 Å². The number of thiophene rings is 1. The molecule has 0 aliphatic carbocycles. The SMILES string of the molecule is Cc1ccsc1[C@@H]1CCN(Cc2coc(C(C)C)n2)C[C@H]1O. The monoisotopic (exact) mass is 320 g/mol. The average Bonchev–Trinajstić information content (AvgIpc) is 3.09. The van der Waals surface area contributed by atoms with Crippen LogP contribution in [0.4, 0.5) is 0 Å². The molecule has 5 heteroatoms. The number of aliphatic hydroxyl groups excluding tert-OH is 1. The zero-order valence-electron chi connectivity index (χ0n) is 13.5. The number of nitrogens with zero attached hydrogens (tertiary/aromatic N) is 2. The molecule has 1 fully saturated rings. The third-order valence-electron chi connectivity index (χ3n) is 4.35. The van der Waals surface area contributed by atoms with Gasteiger partial charge in [0.15, 0.2) is 5.89 Å². The fourth-order valence-corrected chi connectivity index (χ4v) is 4.22. The van der Waals surface area contributed by atoms with Crippen molar-refractivity contribution in [3.8, 4) is 0 Å². The summed E-state index contributed by atoms with van der Waals surface area (Å²) in [5.41, 5.74) is 2.27. The van der Waals surface area contributed by atoms with E-state index in [9.17, 15) is 5.11 Å². The lowest BCUT2D eigenvalue weighted by atomic mass is 9.90. The smallest absolute Gasteiger partial charge is 0.196 e. The van der Waals surface area contributed by atoms with E-state index in [1.54, 1.807) is 17.6 Å². The second-order valence-corrected chi connectivity index (χ2v) is 7.44. The van der Waals surface area contributed by atoms with Gasteiger partial charge in [0, 0.05) is 29.8 Å². The Kier molecular flexibility index (Phi) is 4.66. The van der Waals surface area contributed by atoms with E-state index in [1.807, 2.05) is 0 Å². The van der Waals surface area contributed by atoms with E-state index in [-0.39, 0.29) is 12.0 Å². The molecule has 0 bridgehead atoms. The Balaban J connectivity index is 1.61. The number of aliphatic hydroxyl groups is 1. The molecule has 3 rings (SSSR count). The fourth-order valence-electron chi connectivity index (χ4n) is 3.10. The zero-order valence-corrected chi connectivity index (χ0v) is 14.3. The number of oxazole rings is 1. The van der Waals surface area contributed by atoms with Gasteiger partial charge in [0.2, 0.25) is 0 Å². The van der Waals surface area contributed by atoms with Crippen molar-refractivity contribution in [1.29, 1.82) is 0 Å². The summed E-state index contributed by atoms with van der Waals surface area (Å²) in [5, 5.41) is 12.6. The molecule has 2 aromatic rings. The molecule has 0 saturated carbocycles. The number of aromatic nitrogens is 1. The van der Waals surface area contributed by atoms with Gasteiger partial charge in [-0.3, -0.25) is 4.90 Å². The van der Waals surface area contributed by atoms with Gasteiger partial charge in [0.1, 0.15) is 6.26 Å². The van der Waals surface area contributed by atoms with Crippen LogP contribution in [0.2, 0.25) is 0 Å². The van der Waals surface area contributed by atoms with Gasteiger partial charge in [-0.15, -0.1) is 11.3 Å². The largest absolute Gasteiger partial charge is 0.448 e. The minimum Gasteiger partial charge on any atom is -0.448 e. The molecule has 2 aromatic heterocycles. The standard InChI is InChI=1S/C17H24N2O2S/c1-11(2)17-18-13(10-21-17)8-19-6-4-14(15(20)9-19)16-12(3)5-7-22-16/h5,7,10-11,14-15,20H,4,6,8-9H2,1-3H3/t14-,15-/m1/s1. The van der Waals surface area contributed by atoms with Crippen molar-refractivity contribution in [2.45, 2.75) is 51.7 Å². The van der Waals surface area contributed by atoms with Crippen LogP contribution in [0.3, 0.4) is 0 Å². The fraction of sp³-hybridized carbons (Fsp3) is 0.588. The second kappa shape index (κ2) is 6.52. The van der Waals surface area contributed by atoms with E-state index < -0.39 is 0 Å². The van der Waals surface area contributed by atoms with Crippen LogP contribution in [0.1, 0.15) is 54.1 Å². The first-order valence-electron chi connectivity index (χ1n) is 7.93. The topological polar surface area (TPSA) is 49.5 Å². The molecular weight excluding hydrogens is 296 g/mol. The van der Waals surface area contributed by atoms with Crippen LogP contribution in [0.5, 0.6) is 0 Å². The van der Waals surface area contributed by atoms with Gasteiger partial charge < -0.3 is 9.52 Å². The van der Waals surface area contributed by atoms with Crippen molar-refractivity contribution in [2.24, 2.45) is 0 Å². The summed E-state index contributed by atoms with van der Waals surface area (Å²) in [4.78, 5) is 8.14. The highest BCUT2D eigenvalue weighted by Gasteiger charge is 2.30. The Morgan fingerprint density at radius 2 is 2.32 bits per heavy atom. The molecule has 1 aliphatic rings. The molecule has 22 heavy (non-hydrogen) atoms. The summed E-state index contributed by atoms with van der Waals surface area (Å²) in [7, 11) is 0. The lowest BCUT2D eigenvalue weighted by Crippen LogP contribution is -2.42. The molecule has 1 saturated heterocycles. The minimum atomic E-state index is -0.303. The number of rotatable bonds is 4. The number of piperidine rings is 1. The molecule has 1 aliphatic heterocycles. The number of likely N-dealkylation sites (tertiary alicyclic amines) is 1. The van der Waals surface area contributed by atoms with Crippen LogP contribution in [-0.2, 0) is 6.54 Å². The van der Waals surface area contributed by atoms with Crippen LogP contribution in [0.25, 0.3) is 0 Å². The van der Waals surface area contributed by atoms with Gasteiger partial charge >= 0.3 is 0 Å². The summed E-state index contributed by atoms with van der Waals surface area (Å²) in [6, 6.07) is 2.14. The van der Waals surface area contributed by atoms with Crippen molar-refractivity contribution in [3.63, 3.8) is 0 Å². The molecule has 0 unspecified atom stereocenters. The molecule has 1 N–H and O–H groups in total. The highest BCUT2D eigenvalue weighted by molar-refractivity contribution is 7.10. The summed E-state index contributed by atoms with van der Waals surface area (Å²) < 4.78 is 5.49. The maximum absolute atomic E-state index is 10.5. The van der Waals surface area contributed by atoms with E-state index in [4.69, 9.17) is 4.42 Å². The quantitative estimate of drug-likeness (QED) is 0.936. The van der Waals surface area contributed by atoms with Crippen molar-refractivity contribution in [2.75, 3.05) is 13.1 Å². The molecule has 0 radical (unpaired) electrons. The number of aryl methyl sites for hydroxylation is 1. The Labute approximate surface area is 135 Å². The molecule has 2 atom stereocenters. The van der Waals surface area contributed by atoms with Gasteiger partial charge in [0.05, 0.1) is 11.8 Å². The molecule has 3 heterocycles. The maximum atomic E-state index is 10.5. The summed E-state index contributed by atoms with van der Waals surface area (Å²) in [6.07, 6.45) is 2.44. The van der Waals surface area contributed by atoms with Crippen LogP contribution >= 0.6 is 11.3 Å². The normalized spacial score (nSPS) is 23.3. The highest BCUT2D eigenvalue weighted by Crippen LogP contribution is 2.34. The Hall–Kier alpha value is -1.17. The van der Waals surface area contributed by atoms with Crippen LogP contribution in [0.15, 0.2) is 22.1 Å². The first-order valence-corrected chi connectivity index (χ1v) is 8.81. The van der Waals surface area contributed by atoms with Crippen molar-refractivity contribution < 1.29 is 9.52 Å². The predicted molar refractivity (Wildman–Crippen MR) is 88.3 cm³/mol. The van der Waals surface area contributed by atoms with E-state index in [2.05, 4.69) is 42.1 Å². The third kappa shape index (κ3) is 3.26. The van der Waals surface area contributed by atoms with E-state index in [0.29, 0.717) is 12.5 Å². The van der Waals surface area contributed by atoms with Gasteiger partial charge in [-0.2, -0.15) is 0 Å². The Morgan fingerprint density at radius 1 is 1.50 bits per heavy atom.